The van der Waals surface area contributed by atoms with Gasteiger partial charge in [0.1, 0.15) is 96.9 Å². The van der Waals surface area contributed by atoms with Gasteiger partial charge in [0.15, 0.2) is 0 Å². The molecule has 43 heteroatoms. The number of hydrogen-bond acceptors (Lipinski definition) is 22. The molecule has 0 spiro atoms. The van der Waals surface area contributed by atoms with Crippen molar-refractivity contribution >= 4 is 134 Å². The van der Waals surface area contributed by atoms with Crippen molar-refractivity contribution in [1.82, 2.24) is 87.2 Å². The van der Waals surface area contributed by atoms with E-state index in [2.05, 4.69) is 58.2 Å². The predicted molar refractivity (Wildman–Crippen MR) is 494 cm³/mol. The van der Waals surface area contributed by atoms with Crippen molar-refractivity contribution in [2.75, 3.05) is 46.8 Å². The topological polar surface area (TPSA) is 646 Å². The summed E-state index contributed by atoms with van der Waals surface area (Å²) in [6.45, 7) is 8.09. The molecule has 4 fully saturated rings. The molecule has 43 nitrogen and oxygen atoms in total. The number of amides is 18. The molecule has 0 aliphatic carbocycles. The highest BCUT2D eigenvalue weighted by molar-refractivity contribution is 6.03. The average Bonchev–Trinajstić information content (AvgIpc) is 1.64. The lowest BCUT2D eigenvalue weighted by Crippen LogP contribution is -2.62. The number of rotatable bonds is 26. The smallest absolute Gasteiger partial charge is 0.323 e. The molecule has 3 aromatic carbocycles. The molecule has 2 aromatic heterocycles. The number of H-pyrrole nitrogens is 1. The van der Waals surface area contributed by atoms with Gasteiger partial charge in [-0.25, -0.2) is 0 Å². The Morgan fingerprint density at radius 3 is 1.62 bits per heavy atom. The molecule has 6 heterocycles. The predicted octanol–water partition coefficient (Wildman–Crippen LogP) is -2.13. The van der Waals surface area contributed by atoms with Gasteiger partial charge in [-0.05, 0) is 117 Å². The first-order chi connectivity index (χ1) is 64.6. The fraction of sp³-hybridized carbons (Fsp3) is 0.559. The van der Waals surface area contributed by atoms with Crippen LogP contribution < -0.4 is 76.1 Å². The van der Waals surface area contributed by atoms with E-state index < -0.39 is 274 Å². The molecule has 5 aromatic rings. The second kappa shape index (κ2) is 49.6. The van der Waals surface area contributed by atoms with Gasteiger partial charge in [0, 0.05) is 107 Å². The van der Waals surface area contributed by atoms with Crippen molar-refractivity contribution in [2.45, 2.75) is 274 Å². The summed E-state index contributed by atoms with van der Waals surface area (Å²) in [5, 5.41) is 59.5. The van der Waals surface area contributed by atoms with Crippen LogP contribution in [-0.4, -0.2) is 299 Å². The second-order valence-electron chi connectivity index (χ2n) is 36.4. The molecule has 4 aliphatic rings. The molecule has 0 saturated carbocycles. The Morgan fingerprint density at radius 1 is 0.478 bits per heavy atom. The number of aromatic nitrogens is 2. The third kappa shape index (κ3) is 29.0. The number of unbranched alkanes of at least 4 members (excludes halogenated alkanes) is 2. The third-order valence-electron chi connectivity index (χ3n) is 25.0. The molecular formula is C93H131N21O22. The zero-order chi connectivity index (χ0) is 99.6. The van der Waals surface area contributed by atoms with E-state index in [-0.39, 0.29) is 82.5 Å². The van der Waals surface area contributed by atoms with E-state index in [1.54, 1.807) is 82.4 Å². The highest BCUT2D eigenvalue weighted by Gasteiger charge is 2.48. The van der Waals surface area contributed by atoms with Crippen LogP contribution in [0.15, 0.2) is 85.2 Å². The molecule has 136 heavy (non-hydrogen) atoms. The first-order valence-corrected chi connectivity index (χ1v) is 46.4. The first-order valence-electron chi connectivity index (χ1n) is 46.4. The Labute approximate surface area is 787 Å². The van der Waals surface area contributed by atoms with Crippen LogP contribution in [0, 0.1) is 11.8 Å². The number of benzene rings is 3. The summed E-state index contributed by atoms with van der Waals surface area (Å²) in [6.07, 6.45) is -0.650. The van der Waals surface area contributed by atoms with Crippen molar-refractivity contribution in [2.24, 2.45) is 34.8 Å². The highest BCUT2D eigenvalue weighted by Crippen LogP contribution is 2.30. The number of para-hydroxylation sites is 2. The fourth-order valence-electron chi connectivity index (χ4n) is 17.9. The van der Waals surface area contributed by atoms with Gasteiger partial charge in [-0.15, -0.1) is 0 Å². The molecule has 740 valence electrons. The third-order valence-corrected chi connectivity index (χ3v) is 25.0. The van der Waals surface area contributed by atoms with Crippen LogP contribution in [0.3, 0.4) is 0 Å². The van der Waals surface area contributed by atoms with Gasteiger partial charge in [0.25, 0.3) is 0 Å². The number of likely N-dealkylation sites (N-methyl/N-ethyl adjacent to an activating group) is 2. The number of piperidine rings is 1. The van der Waals surface area contributed by atoms with Gasteiger partial charge in [-0.3, -0.25) is 91.1 Å². The minimum absolute atomic E-state index is 0.00367. The number of aliphatic carboxylic acids is 1. The van der Waals surface area contributed by atoms with Crippen molar-refractivity contribution in [1.29, 1.82) is 0 Å². The summed E-state index contributed by atoms with van der Waals surface area (Å²) in [5.74, 6) is -19.8. The zero-order valence-electron chi connectivity index (χ0n) is 78.1. The van der Waals surface area contributed by atoms with E-state index in [9.17, 15) is 68.1 Å². The quantitative estimate of drug-likeness (QED) is 0.0281. The number of carbonyl (C=O) groups excluding carboxylic acids is 18. The molecule has 0 bridgehead atoms. The number of aliphatic hydroxyl groups is 1. The molecule has 22 N–H and O–H groups in total. The zero-order valence-corrected chi connectivity index (χ0v) is 78.1. The minimum atomic E-state index is -2.00. The van der Waals surface area contributed by atoms with Gasteiger partial charge in [-0.2, -0.15) is 0 Å². The van der Waals surface area contributed by atoms with E-state index in [1.807, 2.05) is 13.8 Å². The maximum absolute atomic E-state index is 15.9. The number of aromatic amines is 1. The number of primary amides is 4. The van der Waals surface area contributed by atoms with E-state index in [0.29, 0.717) is 77.0 Å². The monoisotopic (exact) mass is 1890 g/mol. The molecule has 18 amide bonds. The van der Waals surface area contributed by atoms with Crippen LogP contribution >= 0.6 is 0 Å². The minimum Gasteiger partial charge on any atom is -0.508 e. The summed E-state index contributed by atoms with van der Waals surface area (Å²) in [6, 6.07) is -3.19. The standard InChI is InChI=1S/C93H131N21O22/c1-9-11-23-70-85(128)103-61(36-50(3)4)82(125)108-68(80(97)123)45-98-46-78(120)100-65(38-52-28-30-55(115)31-29-52)90(133)112-34-18-17-26-71(112)87(130)107-67(43-77(96)119)91(134)113-35-19-27-72(113)86(129)101-60(32-33-75(94)117)81(124)105-64(37-51(5)6)92(135)114-48-56(116)41-74(114)88(131)104-62(39-53-44-99-59-22-15-13-20-57(53)59)83(126)102-63(42-76(95)118)84(127)106-66(89(132)110(8)73(24-12-10-2)93(136)109(70)7)40-54-47-111(49-79(121)122)69-25-16-14-21-58(54)69/h13-16,20-22,25,28-31,44,47,50-51,56,60-68,70-74,98-99,115-116H,9-12,17-19,23-24,26-27,32-43,45-46,48-49H2,1-8H3,(H2,94,117)(H2,95,118)(H2,96,119)(H2,97,123)(H,100,120)(H,101,129)(H,102,126)(H,103,128)(H,104,131)(H,105,124)(H,106,127)(H,107,130)(H,108,125)(H,121,122)/t56-,60+,61+,62+,63+,64+,65+,66+,67+,68+,70+,71+,72+,73+,74+/m1/s1. The second-order valence-corrected chi connectivity index (χ2v) is 36.4. The molecule has 0 unspecified atom stereocenters. The first kappa shape index (κ1) is 106. The molecular weight excluding hydrogens is 1760 g/mol. The highest BCUT2D eigenvalue weighted by atomic mass is 16.4. The summed E-state index contributed by atoms with van der Waals surface area (Å²) in [4.78, 5) is 285. The van der Waals surface area contributed by atoms with Crippen LogP contribution in [0.1, 0.15) is 174 Å². The number of hydrogen-bond donors (Lipinski definition) is 18. The number of aliphatic hydroxyl groups excluding tert-OH is 1. The van der Waals surface area contributed by atoms with Gasteiger partial charge in [0.2, 0.25) is 106 Å². The number of nitrogens with two attached hydrogens (primary N) is 4. The van der Waals surface area contributed by atoms with Crippen molar-refractivity contribution in [3.05, 3.63) is 102 Å². The van der Waals surface area contributed by atoms with E-state index in [1.165, 1.54) is 54.0 Å². The van der Waals surface area contributed by atoms with Crippen LogP contribution in [-0.2, 0) is 117 Å². The average molecular weight is 1900 g/mol. The SMILES string of the molecule is CCCC[C@H]1C(=O)N(C)[C@@H](CCCC)C(=O)N[C@@H](CC(C)C)C(=O)N[C@H](C(N)=O)CNCC(=O)N[C@@H](Cc2ccc(O)cc2)C(=O)N2CCCC[C@H]2C(=O)N[C@@H](CC(N)=O)C(=O)N2CCC[C@H]2C(=O)N[C@@H](CCC(N)=O)C(=O)N[C@@H](CC(C)C)C(=O)N2C[C@H](O)C[C@H]2C(=O)N[C@@H](Cc2c[nH]c3ccccc23)C(=O)N[C@@H](CC(N)=O)C(=O)N[C@@H](Cc2cn(CC(=O)O)c3ccccc23)C(=O)N1C. The van der Waals surface area contributed by atoms with E-state index in [4.69, 9.17) is 22.9 Å². The summed E-state index contributed by atoms with van der Waals surface area (Å²) >= 11 is 0. The Hall–Kier alpha value is -13.6. The lowest BCUT2D eigenvalue weighted by molar-refractivity contribution is -0.149. The summed E-state index contributed by atoms with van der Waals surface area (Å²) in [5.41, 5.74) is 25.3. The van der Waals surface area contributed by atoms with Gasteiger partial charge >= 0.3 is 5.97 Å². The maximum Gasteiger partial charge on any atom is 0.323 e. The lowest BCUT2D eigenvalue weighted by Gasteiger charge is -2.38. The van der Waals surface area contributed by atoms with Crippen LogP contribution in [0.4, 0.5) is 0 Å². The maximum atomic E-state index is 15.9. The van der Waals surface area contributed by atoms with Crippen LogP contribution in [0.5, 0.6) is 5.75 Å². The number of phenolic OH excluding ortho intramolecular Hbond substituents is 1. The fourth-order valence-corrected chi connectivity index (χ4v) is 17.9. The Bertz CT molecular complexity index is 5190. The number of nitrogens with one attached hydrogen (secondary N) is 11. The normalized spacial score (nSPS) is 25.2. The number of fused-ring (bicyclic) bond motifs is 5. The van der Waals surface area contributed by atoms with Crippen LogP contribution in [0.2, 0.25) is 0 Å². The summed E-state index contributed by atoms with van der Waals surface area (Å²) < 4.78 is 1.40. The number of carbonyl (C=O) groups is 19. The molecule has 9 rings (SSSR count). The molecule has 0 radical (unpaired) electrons. The molecule has 15 atom stereocenters. The van der Waals surface area contributed by atoms with Crippen molar-refractivity contribution < 1.29 is 106 Å². The Kier molecular flexibility index (Phi) is 38.7. The number of nitrogens with zero attached hydrogens (tertiary/aromatic N) is 6. The lowest BCUT2D eigenvalue weighted by atomic mass is 9.97. The van der Waals surface area contributed by atoms with Crippen molar-refractivity contribution in [3.8, 4) is 5.75 Å². The van der Waals surface area contributed by atoms with Gasteiger partial charge < -0.3 is 125 Å². The number of carboxylic acid groups (broad SMARTS) is 1. The molecule has 4 saturated heterocycles. The number of carboxylic acids is 1. The van der Waals surface area contributed by atoms with E-state index >= 15 is 38.4 Å². The number of aromatic hydroxyl groups is 1. The Morgan fingerprint density at radius 2 is 0.985 bits per heavy atom. The van der Waals surface area contributed by atoms with Crippen LogP contribution in [0.25, 0.3) is 21.8 Å². The Balaban J connectivity index is 1.12. The summed E-state index contributed by atoms with van der Waals surface area (Å²) in [7, 11) is 2.63. The van der Waals surface area contributed by atoms with Gasteiger partial charge in [0.05, 0.1) is 25.5 Å². The number of phenols is 1. The largest absolute Gasteiger partial charge is 0.508 e. The van der Waals surface area contributed by atoms with Crippen molar-refractivity contribution in [3.63, 3.8) is 0 Å². The van der Waals surface area contributed by atoms with Gasteiger partial charge in [-0.1, -0.05) is 116 Å². The molecule has 4 aliphatic heterocycles. The van der Waals surface area contributed by atoms with E-state index in [0.717, 1.165) is 19.6 Å².